The molecule has 0 fully saturated rings. The van der Waals surface area contributed by atoms with E-state index in [-0.39, 0.29) is 0 Å². The maximum Gasteiger partial charge on any atom is 0.130 e. The van der Waals surface area contributed by atoms with Gasteiger partial charge in [0.1, 0.15) is 5.76 Å². The van der Waals surface area contributed by atoms with Crippen LogP contribution < -0.4 is 0 Å². The molecule has 1 heteroatoms. The maximum atomic E-state index is 11.4. The Morgan fingerprint density at radius 2 is 0.871 bits per heavy atom. The van der Waals surface area contributed by atoms with Crippen molar-refractivity contribution in [3.63, 3.8) is 0 Å². The molecule has 1 aliphatic rings. The van der Waals surface area contributed by atoms with Gasteiger partial charge in [-0.25, -0.2) is 0 Å². The fourth-order valence-electron chi connectivity index (χ4n) is 4.15. The second kappa shape index (κ2) is 8.33. The van der Waals surface area contributed by atoms with Crippen molar-refractivity contribution in [3.05, 3.63) is 155 Å². The predicted octanol–water partition coefficient (Wildman–Crippen LogP) is 7.66. The van der Waals surface area contributed by atoms with Gasteiger partial charge in [0.25, 0.3) is 0 Å². The molecular formula is C30H22O. The molecule has 0 bridgehead atoms. The van der Waals surface area contributed by atoms with Crippen LogP contribution >= 0.6 is 0 Å². The third kappa shape index (κ3) is 3.62. The van der Waals surface area contributed by atoms with Crippen molar-refractivity contribution in [2.75, 3.05) is 0 Å². The Hall–Kier alpha value is -4.10. The first-order chi connectivity index (χ1) is 15.3. The minimum Gasteiger partial charge on any atom is -0.507 e. The lowest BCUT2D eigenvalue weighted by Crippen LogP contribution is -1.94. The third-order valence-electron chi connectivity index (χ3n) is 5.59. The second-order valence-electron chi connectivity index (χ2n) is 7.53. The minimum atomic E-state index is 0.291. The van der Waals surface area contributed by atoms with Gasteiger partial charge in [-0.05, 0) is 33.9 Å². The molecular weight excluding hydrogens is 376 g/mol. The molecule has 0 radical (unpaired) electrons. The Kier molecular flexibility index (Phi) is 5.08. The van der Waals surface area contributed by atoms with E-state index in [0.29, 0.717) is 5.76 Å². The van der Waals surface area contributed by atoms with Crippen LogP contribution in [0, 0.1) is 0 Å². The number of aliphatic hydroxyl groups excluding tert-OH is 1. The van der Waals surface area contributed by atoms with Gasteiger partial charge in [-0.1, -0.05) is 121 Å². The van der Waals surface area contributed by atoms with Crippen LogP contribution in [0.1, 0.15) is 22.3 Å². The minimum absolute atomic E-state index is 0.291. The summed E-state index contributed by atoms with van der Waals surface area (Å²) in [6, 6.07) is 40.9. The standard InChI is InChI=1S/C30H22O/c31-30(25-19-11-4-12-20-25)27-21-26(22-13-5-1-6-14-22)28(23-15-7-2-8-16-23)29(27)24-17-9-3-10-18-24/h1-21,31H. The highest BCUT2D eigenvalue weighted by Crippen LogP contribution is 2.48. The molecule has 1 N–H and O–H groups in total. The monoisotopic (exact) mass is 398 g/mol. The van der Waals surface area contributed by atoms with Crippen LogP contribution in [-0.2, 0) is 0 Å². The summed E-state index contributed by atoms with van der Waals surface area (Å²) >= 11 is 0. The van der Waals surface area contributed by atoms with E-state index in [2.05, 4.69) is 66.7 Å². The molecule has 0 unspecified atom stereocenters. The van der Waals surface area contributed by atoms with E-state index < -0.39 is 0 Å². The first kappa shape index (κ1) is 18.9. The topological polar surface area (TPSA) is 20.2 Å². The van der Waals surface area contributed by atoms with E-state index in [0.717, 1.165) is 44.5 Å². The number of hydrogen-bond acceptors (Lipinski definition) is 1. The van der Waals surface area contributed by atoms with Crippen molar-refractivity contribution >= 4 is 22.5 Å². The average molecular weight is 399 g/mol. The highest BCUT2D eigenvalue weighted by atomic mass is 16.3. The summed E-state index contributed by atoms with van der Waals surface area (Å²) in [6.45, 7) is 0. The summed E-state index contributed by atoms with van der Waals surface area (Å²) in [5.41, 5.74) is 8.30. The van der Waals surface area contributed by atoms with Crippen molar-refractivity contribution < 1.29 is 5.11 Å². The van der Waals surface area contributed by atoms with Crippen molar-refractivity contribution in [1.82, 2.24) is 0 Å². The van der Waals surface area contributed by atoms with Crippen LogP contribution in [0.25, 0.3) is 22.5 Å². The fraction of sp³-hybridized carbons (Fsp3) is 0. The summed E-state index contributed by atoms with van der Waals surface area (Å²) in [5.74, 6) is 0.291. The third-order valence-corrected chi connectivity index (χ3v) is 5.59. The highest BCUT2D eigenvalue weighted by Gasteiger charge is 2.27. The summed E-state index contributed by atoms with van der Waals surface area (Å²) in [4.78, 5) is 0. The zero-order valence-electron chi connectivity index (χ0n) is 17.1. The quantitative estimate of drug-likeness (QED) is 0.350. The molecule has 5 rings (SSSR count). The zero-order valence-corrected chi connectivity index (χ0v) is 17.1. The van der Waals surface area contributed by atoms with Crippen LogP contribution in [0.5, 0.6) is 0 Å². The van der Waals surface area contributed by atoms with Crippen LogP contribution in [0.3, 0.4) is 0 Å². The van der Waals surface area contributed by atoms with Crippen molar-refractivity contribution in [1.29, 1.82) is 0 Å². The summed E-state index contributed by atoms with van der Waals surface area (Å²) in [7, 11) is 0. The molecule has 0 spiro atoms. The van der Waals surface area contributed by atoms with E-state index in [1.54, 1.807) is 0 Å². The Morgan fingerprint density at radius 3 is 1.39 bits per heavy atom. The molecule has 1 nitrogen and oxygen atoms in total. The van der Waals surface area contributed by atoms with Gasteiger partial charge in [-0.15, -0.1) is 0 Å². The maximum absolute atomic E-state index is 11.4. The molecule has 148 valence electrons. The molecule has 0 aromatic heterocycles. The molecule has 4 aromatic carbocycles. The molecule has 0 heterocycles. The van der Waals surface area contributed by atoms with E-state index in [4.69, 9.17) is 0 Å². The van der Waals surface area contributed by atoms with E-state index in [1.165, 1.54) is 0 Å². The average Bonchev–Trinajstić information content (AvgIpc) is 3.26. The van der Waals surface area contributed by atoms with Gasteiger partial charge in [0.05, 0.1) is 0 Å². The lowest BCUT2D eigenvalue weighted by molar-refractivity contribution is 0.510. The number of allylic oxidation sites excluding steroid dienone is 5. The second-order valence-corrected chi connectivity index (χ2v) is 7.53. The van der Waals surface area contributed by atoms with E-state index in [1.807, 2.05) is 60.7 Å². The largest absolute Gasteiger partial charge is 0.507 e. The number of rotatable bonds is 4. The van der Waals surface area contributed by atoms with Crippen LogP contribution in [0.15, 0.2) is 133 Å². The first-order valence-electron chi connectivity index (χ1n) is 10.4. The lowest BCUT2D eigenvalue weighted by Gasteiger charge is -2.14. The van der Waals surface area contributed by atoms with E-state index >= 15 is 0 Å². The van der Waals surface area contributed by atoms with Gasteiger partial charge >= 0.3 is 0 Å². The Balaban J connectivity index is 1.86. The first-order valence-corrected chi connectivity index (χ1v) is 10.4. The summed E-state index contributed by atoms with van der Waals surface area (Å²) in [5, 5.41) is 11.4. The molecule has 4 aromatic rings. The van der Waals surface area contributed by atoms with Crippen LogP contribution in [0.2, 0.25) is 0 Å². The Labute approximate surface area is 183 Å². The number of hydrogen-bond donors (Lipinski definition) is 1. The van der Waals surface area contributed by atoms with Gasteiger partial charge in [0.15, 0.2) is 0 Å². The van der Waals surface area contributed by atoms with Crippen molar-refractivity contribution in [3.8, 4) is 0 Å². The Morgan fingerprint density at radius 1 is 0.452 bits per heavy atom. The lowest BCUT2D eigenvalue weighted by atomic mass is 9.89. The van der Waals surface area contributed by atoms with Crippen LogP contribution in [-0.4, -0.2) is 5.11 Å². The number of aliphatic hydroxyl groups is 1. The molecule has 0 atom stereocenters. The Bertz CT molecular complexity index is 1280. The van der Waals surface area contributed by atoms with Gasteiger partial charge in [0.2, 0.25) is 0 Å². The normalized spacial score (nSPS) is 15.0. The molecule has 1 aliphatic carbocycles. The molecule has 0 aliphatic heterocycles. The van der Waals surface area contributed by atoms with Gasteiger partial charge in [0, 0.05) is 16.7 Å². The molecule has 0 amide bonds. The SMILES string of the molecule is OC(=C1C=C(c2ccccc2)C(c2ccccc2)=C1c1ccccc1)c1ccccc1. The van der Waals surface area contributed by atoms with Gasteiger partial charge in [-0.2, -0.15) is 0 Å². The zero-order chi connectivity index (χ0) is 21.0. The van der Waals surface area contributed by atoms with Gasteiger partial charge in [-0.3, -0.25) is 0 Å². The predicted molar refractivity (Wildman–Crippen MR) is 130 cm³/mol. The van der Waals surface area contributed by atoms with Crippen LogP contribution in [0.4, 0.5) is 0 Å². The number of benzene rings is 4. The summed E-state index contributed by atoms with van der Waals surface area (Å²) in [6.07, 6.45) is 2.13. The molecule has 31 heavy (non-hydrogen) atoms. The fourth-order valence-corrected chi connectivity index (χ4v) is 4.15. The van der Waals surface area contributed by atoms with Gasteiger partial charge < -0.3 is 5.11 Å². The molecule has 0 saturated heterocycles. The van der Waals surface area contributed by atoms with E-state index in [9.17, 15) is 5.11 Å². The van der Waals surface area contributed by atoms with Crippen molar-refractivity contribution in [2.24, 2.45) is 0 Å². The smallest absolute Gasteiger partial charge is 0.130 e. The molecule has 0 saturated carbocycles. The van der Waals surface area contributed by atoms with Crippen molar-refractivity contribution in [2.45, 2.75) is 0 Å². The summed E-state index contributed by atoms with van der Waals surface area (Å²) < 4.78 is 0. The highest BCUT2D eigenvalue weighted by molar-refractivity contribution is 6.24.